The van der Waals surface area contributed by atoms with E-state index in [1.54, 1.807) is 21.7 Å². The molecule has 0 bridgehead atoms. The van der Waals surface area contributed by atoms with Crippen LogP contribution < -0.4 is 10.2 Å². The molecule has 0 unspecified atom stereocenters. The molecule has 0 heterocycles. The van der Waals surface area contributed by atoms with E-state index in [1.807, 2.05) is 0 Å². The van der Waals surface area contributed by atoms with Gasteiger partial charge in [0.05, 0.1) is 11.9 Å². The molecule has 0 radical (unpaired) electrons. The molecule has 204 valence electrons. The Balaban J connectivity index is 0. The third-order valence-electron chi connectivity index (χ3n) is 6.27. The fourth-order valence-electron chi connectivity index (χ4n) is 4.01. The van der Waals surface area contributed by atoms with E-state index in [4.69, 9.17) is 0 Å². The third-order valence-corrected chi connectivity index (χ3v) is 10.3. The van der Waals surface area contributed by atoms with Crippen LogP contribution in [0.4, 0.5) is 0 Å². The van der Waals surface area contributed by atoms with Gasteiger partial charge in [-0.15, -0.1) is 0 Å². The number of carboxylic acid groups (broad SMARTS) is 2. The Labute approximate surface area is 228 Å². The Bertz CT molecular complexity index is 477. The van der Waals surface area contributed by atoms with Crippen LogP contribution in [0.3, 0.4) is 0 Å². The van der Waals surface area contributed by atoms with Gasteiger partial charge in [-0.3, -0.25) is 0 Å². The molecule has 0 atom stereocenters. The van der Waals surface area contributed by atoms with Crippen molar-refractivity contribution in [1.82, 2.24) is 0 Å². The summed E-state index contributed by atoms with van der Waals surface area (Å²) in [7, 11) is 0. The molecule has 0 saturated carbocycles. The predicted octanol–water partition coefficient (Wildman–Crippen LogP) is 7.19. The SMILES string of the molecule is CCCCCCCCCC/C(=C/C(=O)[O-])C(=O)[O-].CCCCCCC[CH2][Sn+2][CH2]CCCCCCC. The van der Waals surface area contributed by atoms with E-state index in [0.717, 1.165) is 19.3 Å². The molecule has 4 nitrogen and oxygen atoms in total. The summed E-state index contributed by atoms with van der Waals surface area (Å²) in [6, 6.07) is 0. The van der Waals surface area contributed by atoms with Crippen LogP contribution in [-0.2, 0) is 9.59 Å². The molecule has 0 amide bonds. The molecule has 35 heavy (non-hydrogen) atoms. The molecule has 0 spiro atoms. The molecule has 0 aliphatic carbocycles. The number of carboxylic acids is 2. The van der Waals surface area contributed by atoms with Gasteiger partial charge in [0.1, 0.15) is 0 Å². The molecule has 0 rings (SSSR count). The van der Waals surface area contributed by atoms with E-state index < -0.39 is 11.9 Å². The van der Waals surface area contributed by atoms with Crippen molar-refractivity contribution in [2.24, 2.45) is 0 Å². The van der Waals surface area contributed by atoms with Gasteiger partial charge in [0.2, 0.25) is 0 Å². The average Bonchev–Trinajstić information content (AvgIpc) is 2.83. The van der Waals surface area contributed by atoms with E-state index in [-0.39, 0.29) is 33.1 Å². The van der Waals surface area contributed by atoms with Crippen molar-refractivity contribution >= 4 is 33.1 Å². The molecule has 0 N–H and O–H groups in total. The van der Waals surface area contributed by atoms with Gasteiger partial charge in [-0.05, 0) is 24.5 Å². The number of aliphatic carboxylic acids is 2. The summed E-state index contributed by atoms with van der Waals surface area (Å²) in [6.07, 6.45) is 27.5. The summed E-state index contributed by atoms with van der Waals surface area (Å²) < 4.78 is 3.31. The zero-order valence-electron chi connectivity index (χ0n) is 23.5. The number of hydrogen-bond donors (Lipinski definition) is 0. The maximum absolute atomic E-state index is 10.6. The molecule has 0 aromatic carbocycles. The first-order chi connectivity index (χ1) is 17.0. The molecule has 0 fully saturated rings. The van der Waals surface area contributed by atoms with Crippen molar-refractivity contribution in [2.75, 3.05) is 0 Å². The second-order valence-corrected chi connectivity index (χ2v) is 14.1. The second kappa shape index (κ2) is 31.5. The van der Waals surface area contributed by atoms with E-state index >= 15 is 0 Å². The number of carbonyl (C=O) groups is 2. The topological polar surface area (TPSA) is 80.3 Å². The van der Waals surface area contributed by atoms with E-state index in [0.29, 0.717) is 12.5 Å². The monoisotopic (exact) mass is 600 g/mol. The Kier molecular flexibility index (Phi) is 33.0. The average molecular weight is 599 g/mol. The van der Waals surface area contributed by atoms with E-state index in [9.17, 15) is 19.8 Å². The summed E-state index contributed by atoms with van der Waals surface area (Å²) in [5, 5.41) is 20.9. The number of rotatable bonds is 25. The first-order valence-corrected chi connectivity index (χ1v) is 18.9. The maximum atomic E-state index is 10.6. The van der Waals surface area contributed by atoms with Gasteiger partial charge in [-0.25, -0.2) is 0 Å². The van der Waals surface area contributed by atoms with Crippen molar-refractivity contribution in [2.45, 2.75) is 164 Å². The van der Waals surface area contributed by atoms with Crippen molar-refractivity contribution < 1.29 is 19.8 Å². The van der Waals surface area contributed by atoms with Gasteiger partial charge in [-0.1, -0.05) is 51.9 Å². The summed E-state index contributed by atoms with van der Waals surface area (Å²) in [6.45, 7) is 6.77. The van der Waals surface area contributed by atoms with Crippen LogP contribution in [0.1, 0.15) is 156 Å². The minimum absolute atomic E-state index is 0.0736. The summed E-state index contributed by atoms with van der Waals surface area (Å²) in [5.74, 6) is -2.89. The van der Waals surface area contributed by atoms with Gasteiger partial charge in [0, 0.05) is 0 Å². The summed E-state index contributed by atoms with van der Waals surface area (Å²) >= 11 is 0.0736. The van der Waals surface area contributed by atoms with Crippen molar-refractivity contribution in [3.8, 4) is 0 Å². The van der Waals surface area contributed by atoms with Crippen molar-refractivity contribution in [3.05, 3.63) is 11.6 Å². The quantitative estimate of drug-likeness (QED) is 0.0632. The van der Waals surface area contributed by atoms with Crippen LogP contribution in [0.2, 0.25) is 8.87 Å². The number of carbonyl (C=O) groups excluding carboxylic acids is 2. The van der Waals surface area contributed by atoms with Crippen LogP contribution in [0, 0.1) is 0 Å². The fourth-order valence-corrected chi connectivity index (χ4v) is 7.58. The Morgan fingerprint density at radius 2 is 0.886 bits per heavy atom. The Hall–Kier alpha value is -0.521. The molecule has 0 aliphatic heterocycles. The molecule has 0 aliphatic rings. The van der Waals surface area contributed by atoms with Gasteiger partial charge in [0.25, 0.3) is 0 Å². The van der Waals surface area contributed by atoms with Gasteiger partial charge in [0.15, 0.2) is 0 Å². The zero-order valence-corrected chi connectivity index (χ0v) is 26.3. The summed E-state index contributed by atoms with van der Waals surface area (Å²) in [4.78, 5) is 20.9. The van der Waals surface area contributed by atoms with Gasteiger partial charge < -0.3 is 19.8 Å². The van der Waals surface area contributed by atoms with Crippen LogP contribution in [0.5, 0.6) is 0 Å². The van der Waals surface area contributed by atoms with E-state index in [1.165, 1.54) is 89.9 Å². The first-order valence-electron chi connectivity index (χ1n) is 14.8. The Morgan fingerprint density at radius 3 is 1.23 bits per heavy atom. The molecule has 0 aromatic heterocycles. The van der Waals surface area contributed by atoms with Crippen LogP contribution in [0.15, 0.2) is 11.6 Å². The van der Waals surface area contributed by atoms with Crippen molar-refractivity contribution in [3.63, 3.8) is 0 Å². The van der Waals surface area contributed by atoms with Crippen molar-refractivity contribution in [1.29, 1.82) is 0 Å². The molecular weight excluding hydrogens is 543 g/mol. The van der Waals surface area contributed by atoms with Crippen LogP contribution >= 0.6 is 0 Å². The molecule has 5 heteroatoms. The molecule has 0 aromatic rings. The second-order valence-electron chi connectivity index (χ2n) is 9.79. The van der Waals surface area contributed by atoms with Gasteiger partial charge in [-0.2, -0.15) is 0 Å². The minimum atomic E-state index is -1.48. The standard InChI is InChI=1S/C14H24O4.2C8H17.Sn/c1-2-3-4-5-6-7-8-9-10-12(14(17)18)11-13(15)16;2*1-3-5-7-8-6-4-2;/h11H,2-10H2,1H3,(H,15,16)(H,17,18);2*1,3-8H2,2H3;/q;;;+2/p-2/b12-11-;;;. The predicted molar refractivity (Wildman–Crippen MR) is 147 cm³/mol. The zero-order chi connectivity index (χ0) is 26.4. The first kappa shape index (κ1) is 36.6. The fraction of sp³-hybridized carbons (Fsp3) is 0.867. The number of hydrogen-bond acceptors (Lipinski definition) is 4. The molecule has 0 saturated heterocycles. The third kappa shape index (κ3) is 33.5. The summed E-state index contributed by atoms with van der Waals surface area (Å²) in [5.41, 5.74) is -0.180. The Morgan fingerprint density at radius 1 is 0.543 bits per heavy atom. The normalized spacial score (nSPS) is 11.0. The molecular formula is C30H56O4Sn. The van der Waals surface area contributed by atoms with Crippen LogP contribution in [-0.4, -0.2) is 33.1 Å². The van der Waals surface area contributed by atoms with E-state index in [2.05, 4.69) is 20.8 Å². The van der Waals surface area contributed by atoms with Crippen LogP contribution in [0.25, 0.3) is 0 Å². The number of unbranched alkanes of at least 4 members (excludes halogenated alkanes) is 17. The van der Waals surface area contributed by atoms with Gasteiger partial charge >= 0.3 is 121 Å².